The van der Waals surface area contributed by atoms with Crippen LogP contribution in [-0.2, 0) is 6.61 Å². The van der Waals surface area contributed by atoms with Gasteiger partial charge >= 0.3 is 0 Å². The van der Waals surface area contributed by atoms with E-state index in [1.54, 1.807) is 6.07 Å². The van der Waals surface area contributed by atoms with Crippen molar-refractivity contribution >= 4 is 21.8 Å². The van der Waals surface area contributed by atoms with Crippen molar-refractivity contribution in [1.82, 2.24) is 0 Å². The summed E-state index contributed by atoms with van der Waals surface area (Å²) in [4.78, 5) is 0. The molecule has 2 aromatic rings. The maximum atomic E-state index is 13.5. The number of ether oxygens (including phenoxy) is 1. The largest absolute Gasteiger partial charge is 0.489 e. The lowest BCUT2D eigenvalue weighted by molar-refractivity contribution is 0.303. The van der Waals surface area contributed by atoms with E-state index in [1.165, 1.54) is 12.1 Å². The molecule has 110 valence electrons. The Bertz CT molecular complexity index is 689. The average molecular weight is 353 g/mol. The predicted molar refractivity (Wildman–Crippen MR) is 82.1 cm³/mol. The Morgan fingerprint density at radius 1 is 1.33 bits per heavy atom. The van der Waals surface area contributed by atoms with E-state index in [9.17, 15) is 4.39 Å². The summed E-state index contributed by atoms with van der Waals surface area (Å²) >= 11 is 3.38. The summed E-state index contributed by atoms with van der Waals surface area (Å²) in [7, 11) is 0. The topological polar surface area (TPSA) is 67.8 Å². The van der Waals surface area contributed by atoms with Gasteiger partial charge in [-0.05, 0) is 54.4 Å². The first-order valence-electron chi connectivity index (χ1n) is 6.16. The molecule has 0 saturated heterocycles. The highest BCUT2D eigenvalue weighted by Crippen LogP contribution is 2.23. The van der Waals surface area contributed by atoms with Crippen molar-refractivity contribution in [3.05, 3.63) is 63.4 Å². The van der Waals surface area contributed by atoms with E-state index < -0.39 is 5.82 Å². The summed E-state index contributed by atoms with van der Waals surface area (Å²) in [6.45, 7) is 2.11. The standard InChI is InChI=1S/C15H14BrFN2O2/c1-9-4-12(16)2-3-14(9)21-8-10-5-11(15(18)19-20)7-13(17)6-10/h2-7,20H,8H2,1H3,(H2,18,19). The molecule has 0 aromatic heterocycles. The molecule has 6 heteroatoms. The Balaban J connectivity index is 2.18. The molecule has 0 heterocycles. The second kappa shape index (κ2) is 6.58. The highest BCUT2D eigenvalue weighted by Gasteiger charge is 2.07. The van der Waals surface area contributed by atoms with E-state index in [1.807, 2.05) is 25.1 Å². The van der Waals surface area contributed by atoms with Crippen LogP contribution in [0.4, 0.5) is 4.39 Å². The smallest absolute Gasteiger partial charge is 0.170 e. The number of hydrogen-bond acceptors (Lipinski definition) is 3. The van der Waals surface area contributed by atoms with E-state index in [-0.39, 0.29) is 12.4 Å². The van der Waals surface area contributed by atoms with E-state index in [2.05, 4.69) is 21.1 Å². The van der Waals surface area contributed by atoms with Crippen LogP contribution < -0.4 is 10.5 Å². The maximum Gasteiger partial charge on any atom is 0.170 e. The van der Waals surface area contributed by atoms with Gasteiger partial charge in [0.2, 0.25) is 0 Å². The lowest BCUT2D eigenvalue weighted by Gasteiger charge is -2.10. The third-order valence-electron chi connectivity index (χ3n) is 2.89. The van der Waals surface area contributed by atoms with Crippen LogP contribution in [0.5, 0.6) is 5.75 Å². The minimum atomic E-state index is -0.467. The number of nitrogens with two attached hydrogens (primary N) is 1. The van der Waals surface area contributed by atoms with Gasteiger partial charge in [-0.15, -0.1) is 0 Å². The molecule has 0 bridgehead atoms. The first-order valence-corrected chi connectivity index (χ1v) is 6.95. The highest BCUT2D eigenvalue weighted by molar-refractivity contribution is 9.10. The SMILES string of the molecule is Cc1cc(Br)ccc1OCc1cc(F)cc(/C(N)=N/O)c1. The molecule has 0 spiro atoms. The Labute approximate surface area is 130 Å². The lowest BCUT2D eigenvalue weighted by atomic mass is 10.1. The number of amidine groups is 1. The molecule has 0 aliphatic carbocycles. The third-order valence-corrected chi connectivity index (χ3v) is 3.39. The Morgan fingerprint density at radius 3 is 2.76 bits per heavy atom. The van der Waals surface area contributed by atoms with Crippen molar-refractivity contribution in [1.29, 1.82) is 0 Å². The first-order chi connectivity index (χ1) is 9.99. The lowest BCUT2D eigenvalue weighted by Crippen LogP contribution is -2.14. The van der Waals surface area contributed by atoms with Crippen LogP contribution >= 0.6 is 15.9 Å². The number of aryl methyl sites for hydroxylation is 1. The Hall–Kier alpha value is -2.08. The fourth-order valence-corrected chi connectivity index (χ4v) is 2.35. The molecule has 0 unspecified atom stereocenters. The molecular formula is C15H14BrFN2O2. The number of rotatable bonds is 4. The fraction of sp³-hybridized carbons (Fsp3) is 0.133. The second-order valence-corrected chi connectivity index (χ2v) is 5.45. The van der Waals surface area contributed by atoms with Crippen molar-refractivity contribution in [2.45, 2.75) is 13.5 Å². The van der Waals surface area contributed by atoms with Gasteiger partial charge < -0.3 is 15.7 Å². The van der Waals surface area contributed by atoms with Crippen molar-refractivity contribution < 1.29 is 14.3 Å². The quantitative estimate of drug-likeness (QED) is 0.382. The monoisotopic (exact) mass is 352 g/mol. The molecule has 3 N–H and O–H groups in total. The molecule has 2 rings (SSSR count). The van der Waals surface area contributed by atoms with Crippen LogP contribution in [0, 0.1) is 12.7 Å². The third kappa shape index (κ3) is 3.95. The van der Waals surface area contributed by atoms with Gasteiger partial charge in [-0.2, -0.15) is 0 Å². The summed E-state index contributed by atoms with van der Waals surface area (Å²) in [5.41, 5.74) is 7.34. The normalized spacial score (nSPS) is 11.5. The summed E-state index contributed by atoms with van der Waals surface area (Å²) in [6, 6.07) is 9.81. The molecule has 4 nitrogen and oxygen atoms in total. The van der Waals surface area contributed by atoms with Gasteiger partial charge in [-0.25, -0.2) is 4.39 Å². The molecule has 0 aliphatic heterocycles. The number of halogens is 2. The van der Waals surface area contributed by atoms with E-state index >= 15 is 0 Å². The second-order valence-electron chi connectivity index (χ2n) is 4.53. The average Bonchev–Trinajstić information content (AvgIpc) is 2.45. The fourth-order valence-electron chi connectivity index (χ4n) is 1.88. The van der Waals surface area contributed by atoms with Crippen molar-refractivity contribution in [2.24, 2.45) is 10.9 Å². The van der Waals surface area contributed by atoms with Crippen LogP contribution in [0.3, 0.4) is 0 Å². The molecule has 0 amide bonds. The van der Waals surface area contributed by atoms with Crippen LogP contribution in [0.1, 0.15) is 16.7 Å². The predicted octanol–water partition coefficient (Wildman–Crippen LogP) is 3.57. The number of nitrogens with zero attached hydrogens (tertiary/aromatic N) is 1. The van der Waals surface area contributed by atoms with E-state index in [4.69, 9.17) is 15.7 Å². The molecule has 0 saturated carbocycles. The minimum Gasteiger partial charge on any atom is -0.489 e. The van der Waals surface area contributed by atoms with Gasteiger partial charge in [0.15, 0.2) is 5.84 Å². The van der Waals surface area contributed by atoms with E-state index in [0.29, 0.717) is 16.9 Å². The zero-order valence-corrected chi connectivity index (χ0v) is 12.9. The van der Waals surface area contributed by atoms with Gasteiger partial charge in [0.1, 0.15) is 18.2 Å². The molecular weight excluding hydrogens is 339 g/mol. The Morgan fingerprint density at radius 2 is 2.10 bits per heavy atom. The molecule has 0 atom stereocenters. The maximum absolute atomic E-state index is 13.5. The summed E-state index contributed by atoms with van der Waals surface area (Å²) in [5.74, 6) is 0.105. The van der Waals surface area contributed by atoms with Gasteiger partial charge in [0.05, 0.1) is 0 Å². The summed E-state index contributed by atoms with van der Waals surface area (Å²) in [6.07, 6.45) is 0. The van der Waals surface area contributed by atoms with Crippen molar-refractivity contribution in [3.63, 3.8) is 0 Å². The first kappa shape index (κ1) is 15.3. The molecule has 2 aromatic carbocycles. The number of oxime groups is 1. The van der Waals surface area contributed by atoms with Crippen LogP contribution in [0.25, 0.3) is 0 Å². The summed E-state index contributed by atoms with van der Waals surface area (Å²) < 4.78 is 20.2. The van der Waals surface area contributed by atoms with E-state index in [0.717, 1.165) is 10.0 Å². The number of benzene rings is 2. The van der Waals surface area contributed by atoms with Gasteiger partial charge in [0, 0.05) is 10.0 Å². The zero-order chi connectivity index (χ0) is 15.4. The molecule has 21 heavy (non-hydrogen) atoms. The van der Waals surface area contributed by atoms with Crippen LogP contribution in [-0.4, -0.2) is 11.0 Å². The van der Waals surface area contributed by atoms with Gasteiger partial charge in [-0.1, -0.05) is 21.1 Å². The zero-order valence-electron chi connectivity index (χ0n) is 11.3. The molecule has 0 aliphatic rings. The molecule has 0 radical (unpaired) electrons. The highest BCUT2D eigenvalue weighted by atomic mass is 79.9. The van der Waals surface area contributed by atoms with Gasteiger partial charge in [-0.3, -0.25) is 0 Å². The van der Waals surface area contributed by atoms with Crippen LogP contribution in [0.15, 0.2) is 46.0 Å². The Kier molecular flexibility index (Phi) is 4.80. The van der Waals surface area contributed by atoms with Crippen molar-refractivity contribution in [3.8, 4) is 5.75 Å². The summed E-state index contributed by atoms with van der Waals surface area (Å²) in [5, 5.41) is 11.5. The molecule has 0 fully saturated rings. The van der Waals surface area contributed by atoms with Crippen LogP contribution in [0.2, 0.25) is 0 Å². The minimum absolute atomic E-state index is 0.143. The van der Waals surface area contributed by atoms with Gasteiger partial charge in [0.25, 0.3) is 0 Å². The number of hydrogen-bond donors (Lipinski definition) is 2. The van der Waals surface area contributed by atoms with Crippen molar-refractivity contribution in [2.75, 3.05) is 0 Å².